The molecule has 5 nitrogen and oxygen atoms in total. The molecule has 1 heterocycles. The van der Waals surface area contributed by atoms with Crippen LogP contribution < -0.4 is 5.32 Å². The van der Waals surface area contributed by atoms with Gasteiger partial charge >= 0.3 is 6.18 Å². The van der Waals surface area contributed by atoms with Crippen LogP contribution in [0, 0.1) is 6.92 Å². The molecular weight excluding hydrogens is 373 g/mol. The third kappa shape index (κ3) is 4.69. The van der Waals surface area contributed by atoms with Crippen molar-refractivity contribution in [3.05, 3.63) is 58.3 Å². The number of halogens is 3. The van der Waals surface area contributed by atoms with Crippen molar-refractivity contribution in [2.75, 3.05) is 5.32 Å². The van der Waals surface area contributed by atoms with Crippen LogP contribution in [-0.2, 0) is 12.8 Å². The summed E-state index contributed by atoms with van der Waals surface area (Å²) in [7, 11) is 0. The van der Waals surface area contributed by atoms with Gasteiger partial charge in [0.25, 0.3) is 5.91 Å². The fraction of sp³-hybridized carbons (Fsp3) is 0.300. The highest BCUT2D eigenvalue weighted by Crippen LogP contribution is 2.29. The maximum Gasteiger partial charge on any atom is 0.409 e. The van der Waals surface area contributed by atoms with Gasteiger partial charge in [-0.2, -0.15) is 13.2 Å². The predicted molar refractivity (Wildman–Crippen MR) is 98.2 cm³/mol. The number of alkyl halides is 3. The second-order valence-corrected chi connectivity index (χ2v) is 6.77. The molecule has 1 amide bonds. The van der Waals surface area contributed by atoms with E-state index in [0.29, 0.717) is 36.1 Å². The lowest BCUT2D eigenvalue weighted by Gasteiger charge is -2.21. The van der Waals surface area contributed by atoms with Crippen LogP contribution in [0.15, 0.2) is 30.3 Å². The maximum absolute atomic E-state index is 12.6. The van der Waals surface area contributed by atoms with Gasteiger partial charge in [-0.25, -0.2) is 4.98 Å². The Kier molecular flexibility index (Phi) is 5.42. The molecule has 2 aromatic rings. The van der Waals surface area contributed by atoms with E-state index in [9.17, 15) is 28.2 Å². The van der Waals surface area contributed by atoms with E-state index in [2.05, 4.69) is 10.3 Å². The molecule has 0 saturated carbocycles. The summed E-state index contributed by atoms with van der Waals surface area (Å²) in [4.78, 5) is 16.6. The van der Waals surface area contributed by atoms with Crippen LogP contribution in [-0.4, -0.2) is 33.4 Å². The van der Waals surface area contributed by atoms with Crippen LogP contribution in [0.1, 0.15) is 39.2 Å². The molecule has 0 spiro atoms. The normalized spacial score (nSPS) is 16.8. The number of anilines is 1. The molecule has 1 aliphatic rings. The van der Waals surface area contributed by atoms with Gasteiger partial charge in [0.05, 0.1) is 6.10 Å². The largest absolute Gasteiger partial charge is 0.492 e. The molecule has 0 fully saturated rings. The minimum atomic E-state index is -4.41. The van der Waals surface area contributed by atoms with E-state index < -0.39 is 18.2 Å². The number of fused-ring (bicyclic) bond motifs is 1. The lowest BCUT2D eigenvalue weighted by Crippen LogP contribution is -2.21. The summed E-state index contributed by atoms with van der Waals surface area (Å²) < 4.78 is 36.8. The number of carbonyl (C=O) groups excluding carboxylic acids is 1. The lowest BCUT2D eigenvalue weighted by molar-refractivity contribution is -0.0790. The zero-order valence-electron chi connectivity index (χ0n) is 15.0. The molecule has 0 radical (unpaired) electrons. The zero-order chi connectivity index (χ0) is 20.5. The number of aliphatic hydroxyl groups excluding tert-OH is 1. The molecule has 28 heavy (non-hydrogen) atoms. The first kappa shape index (κ1) is 19.9. The van der Waals surface area contributed by atoms with Crippen molar-refractivity contribution in [3.63, 3.8) is 0 Å². The molecule has 0 saturated heterocycles. The van der Waals surface area contributed by atoms with Gasteiger partial charge < -0.3 is 15.5 Å². The molecule has 1 aromatic heterocycles. The number of hydrogen-bond donors (Lipinski definition) is 3. The van der Waals surface area contributed by atoms with Crippen molar-refractivity contribution in [1.82, 2.24) is 4.98 Å². The molecule has 3 N–H and O–H groups in total. The predicted octanol–water partition coefficient (Wildman–Crippen LogP) is 3.77. The number of carbonyl (C=O) groups is 1. The quantitative estimate of drug-likeness (QED) is 0.743. The van der Waals surface area contributed by atoms with E-state index in [1.807, 2.05) is 0 Å². The van der Waals surface area contributed by atoms with Crippen LogP contribution in [0.4, 0.5) is 18.9 Å². The number of aromatic nitrogens is 1. The minimum Gasteiger partial charge on any atom is -0.492 e. The Balaban J connectivity index is 1.80. The average molecular weight is 392 g/mol. The first-order valence-corrected chi connectivity index (χ1v) is 8.70. The first-order chi connectivity index (χ1) is 13.1. The molecule has 0 bridgehead atoms. The second kappa shape index (κ2) is 7.63. The summed E-state index contributed by atoms with van der Waals surface area (Å²) in [6, 6.07) is 5.89. The Labute approximate surface area is 159 Å². The number of aliphatic hydroxyl groups is 1. The fourth-order valence-electron chi connectivity index (χ4n) is 3.15. The number of amides is 1. The summed E-state index contributed by atoms with van der Waals surface area (Å²) in [6.45, 7) is 1.61. The minimum absolute atomic E-state index is 0.123. The van der Waals surface area contributed by atoms with E-state index in [-0.39, 0.29) is 23.2 Å². The van der Waals surface area contributed by atoms with Crippen molar-refractivity contribution in [1.29, 1.82) is 0 Å². The van der Waals surface area contributed by atoms with Crippen LogP contribution in [0.25, 0.3) is 6.08 Å². The second-order valence-electron chi connectivity index (χ2n) is 6.77. The molecule has 1 aliphatic carbocycles. The van der Waals surface area contributed by atoms with Gasteiger partial charge in [-0.05, 0) is 48.6 Å². The smallest absolute Gasteiger partial charge is 0.409 e. The van der Waals surface area contributed by atoms with Crippen molar-refractivity contribution < 1.29 is 28.2 Å². The molecule has 148 valence electrons. The zero-order valence-corrected chi connectivity index (χ0v) is 15.0. The van der Waals surface area contributed by atoms with Crippen molar-refractivity contribution in [2.24, 2.45) is 0 Å². The van der Waals surface area contributed by atoms with Crippen molar-refractivity contribution >= 4 is 17.7 Å². The average Bonchev–Trinajstić information content (AvgIpc) is 2.60. The van der Waals surface area contributed by atoms with Gasteiger partial charge in [-0.15, -0.1) is 0 Å². The Hall–Kier alpha value is -2.87. The van der Waals surface area contributed by atoms with Crippen molar-refractivity contribution in [2.45, 2.75) is 38.5 Å². The number of allylic oxidation sites excluding steroid dienone is 1. The van der Waals surface area contributed by atoms with Crippen LogP contribution in [0.3, 0.4) is 0 Å². The van der Waals surface area contributed by atoms with Crippen LogP contribution in [0.5, 0.6) is 5.88 Å². The SMILES string of the molecule is Cc1cc(C=CC(F)(F)F)ccc1C(=O)Nc1cc2c(nc1O)CCC(O)C2. The highest BCUT2D eigenvalue weighted by atomic mass is 19.4. The number of aromatic hydroxyl groups is 1. The van der Waals surface area contributed by atoms with Crippen molar-refractivity contribution in [3.8, 4) is 5.88 Å². The summed E-state index contributed by atoms with van der Waals surface area (Å²) in [5.41, 5.74) is 2.65. The number of benzene rings is 1. The molecule has 8 heteroatoms. The first-order valence-electron chi connectivity index (χ1n) is 8.70. The molecule has 1 unspecified atom stereocenters. The number of hydrogen-bond acceptors (Lipinski definition) is 4. The Bertz CT molecular complexity index is 939. The number of nitrogens with zero attached hydrogens (tertiary/aromatic N) is 1. The standard InChI is InChI=1S/C20H19F3N2O3/c1-11-8-12(6-7-20(21,22)23)2-4-15(11)18(27)25-17-10-13-9-14(26)3-5-16(13)24-19(17)28/h2,4,6-8,10,14,26H,3,5,9H2,1H3,(H,24,28)(H,25,27). The summed E-state index contributed by atoms with van der Waals surface area (Å²) in [6.07, 6.45) is -2.32. The number of rotatable bonds is 3. The summed E-state index contributed by atoms with van der Waals surface area (Å²) in [5, 5.41) is 22.4. The van der Waals surface area contributed by atoms with E-state index in [1.165, 1.54) is 18.2 Å². The van der Waals surface area contributed by atoms with Crippen LogP contribution in [0.2, 0.25) is 0 Å². The Morgan fingerprint density at radius 1 is 1.32 bits per heavy atom. The third-order valence-electron chi connectivity index (χ3n) is 4.55. The highest BCUT2D eigenvalue weighted by molar-refractivity contribution is 6.06. The number of nitrogens with one attached hydrogen (secondary N) is 1. The molecule has 3 rings (SSSR count). The van der Waals surface area contributed by atoms with Gasteiger partial charge in [0.2, 0.25) is 5.88 Å². The van der Waals surface area contributed by atoms with E-state index in [1.54, 1.807) is 13.0 Å². The third-order valence-corrected chi connectivity index (χ3v) is 4.55. The maximum atomic E-state index is 12.6. The number of pyridine rings is 1. The lowest BCUT2D eigenvalue weighted by atomic mass is 9.93. The summed E-state index contributed by atoms with van der Waals surface area (Å²) in [5.74, 6) is -0.830. The monoisotopic (exact) mass is 392 g/mol. The topological polar surface area (TPSA) is 82.5 Å². The van der Waals surface area contributed by atoms with Gasteiger partial charge in [0.1, 0.15) is 5.69 Å². The fourth-order valence-corrected chi connectivity index (χ4v) is 3.15. The summed E-state index contributed by atoms with van der Waals surface area (Å²) >= 11 is 0. The molecular formula is C20H19F3N2O3. The molecule has 1 atom stereocenters. The van der Waals surface area contributed by atoms with Gasteiger partial charge in [0, 0.05) is 23.8 Å². The van der Waals surface area contributed by atoms with Gasteiger partial charge in [-0.3, -0.25) is 4.79 Å². The highest BCUT2D eigenvalue weighted by Gasteiger charge is 2.23. The molecule has 1 aromatic carbocycles. The van der Waals surface area contributed by atoms with Gasteiger partial charge in [-0.1, -0.05) is 18.2 Å². The Morgan fingerprint density at radius 2 is 2.07 bits per heavy atom. The Morgan fingerprint density at radius 3 is 2.75 bits per heavy atom. The number of aryl methyl sites for hydroxylation is 2. The van der Waals surface area contributed by atoms with Crippen LogP contribution >= 0.6 is 0 Å². The van der Waals surface area contributed by atoms with E-state index in [4.69, 9.17) is 0 Å². The van der Waals surface area contributed by atoms with E-state index >= 15 is 0 Å². The van der Waals surface area contributed by atoms with Gasteiger partial charge in [0.15, 0.2) is 0 Å². The molecule has 0 aliphatic heterocycles. The van der Waals surface area contributed by atoms with E-state index in [0.717, 1.165) is 11.6 Å².